The van der Waals surface area contributed by atoms with Gasteiger partial charge in [0.1, 0.15) is 5.01 Å². The van der Waals surface area contributed by atoms with Crippen LogP contribution in [0, 0.1) is 6.92 Å². The van der Waals surface area contributed by atoms with Crippen molar-refractivity contribution in [3.63, 3.8) is 0 Å². The highest BCUT2D eigenvalue weighted by Crippen LogP contribution is 2.30. The van der Waals surface area contributed by atoms with Gasteiger partial charge in [0, 0.05) is 48.9 Å². The standard InChI is InChI=1S/C22H24ClN3S/c1-16-7-9-19(10-8-16)26-12-11-25(13-17(26)2)14-18-15-27-22(24-18)20-5-3-4-6-21(20)23/h3-10,15,17H,11-14H2,1-2H3. The van der Waals surface area contributed by atoms with Gasteiger partial charge in [0.05, 0.1) is 10.7 Å². The molecule has 0 aliphatic carbocycles. The minimum Gasteiger partial charge on any atom is -0.366 e. The number of nitrogens with zero attached hydrogens (tertiary/aromatic N) is 3. The number of aromatic nitrogens is 1. The summed E-state index contributed by atoms with van der Waals surface area (Å²) in [6.07, 6.45) is 0. The molecule has 1 aromatic heterocycles. The molecule has 0 spiro atoms. The second-order valence-corrected chi connectivity index (χ2v) is 8.50. The molecular formula is C22H24ClN3S. The third-order valence-electron chi connectivity index (χ3n) is 5.12. The van der Waals surface area contributed by atoms with Crippen molar-refractivity contribution in [3.8, 4) is 10.6 Å². The van der Waals surface area contributed by atoms with Crippen LogP contribution in [0.25, 0.3) is 10.6 Å². The minimum atomic E-state index is 0.489. The van der Waals surface area contributed by atoms with E-state index >= 15 is 0 Å². The number of halogens is 1. The normalized spacial score (nSPS) is 18.0. The molecule has 0 saturated carbocycles. The summed E-state index contributed by atoms with van der Waals surface area (Å²) < 4.78 is 0. The lowest BCUT2D eigenvalue weighted by Gasteiger charge is -2.41. The number of benzene rings is 2. The van der Waals surface area contributed by atoms with E-state index in [1.807, 2.05) is 24.3 Å². The zero-order chi connectivity index (χ0) is 18.8. The van der Waals surface area contributed by atoms with Gasteiger partial charge in [-0.05, 0) is 32.0 Å². The summed E-state index contributed by atoms with van der Waals surface area (Å²) in [7, 11) is 0. The van der Waals surface area contributed by atoms with Gasteiger partial charge < -0.3 is 4.90 Å². The smallest absolute Gasteiger partial charge is 0.125 e. The van der Waals surface area contributed by atoms with Crippen LogP contribution in [0.5, 0.6) is 0 Å². The van der Waals surface area contributed by atoms with E-state index in [1.54, 1.807) is 11.3 Å². The second-order valence-electron chi connectivity index (χ2n) is 7.24. The van der Waals surface area contributed by atoms with Crippen LogP contribution in [0.2, 0.25) is 5.02 Å². The van der Waals surface area contributed by atoms with Crippen LogP contribution in [0.4, 0.5) is 5.69 Å². The molecule has 3 nitrogen and oxygen atoms in total. The topological polar surface area (TPSA) is 19.4 Å². The SMILES string of the molecule is Cc1ccc(N2CCN(Cc3csc(-c4ccccc4Cl)n3)CC2C)cc1. The molecule has 1 unspecified atom stereocenters. The lowest BCUT2D eigenvalue weighted by molar-refractivity contribution is 0.219. The number of hydrogen-bond donors (Lipinski definition) is 0. The number of aryl methyl sites for hydroxylation is 1. The van der Waals surface area contributed by atoms with E-state index in [-0.39, 0.29) is 0 Å². The average molecular weight is 398 g/mol. The maximum Gasteiger partial charge on any atom is 0.125 e. The van der Waals surface area contributed by atoms with Crippen molar-refractivity contribution in [2.45, 2.75) is 26.4 Å². The van der Waals surface area contributed by atoms with E-state index in [0.29, 0.717) is 6.04 Å². The quantitative estimate of drug-likeness (QED) is 0.580. The highest BCUT2D eigenvalue weighted by molar-refractivity contribution is 7.13. The number of piperazine rings is 1. The summed E-state index contributed by atoms with van der Waals surface area (Å²) in [4.78, 5) is 9.83. The number of thiazole rings is 1. The highest BCUT2D eigenvalue weighted by atomic mass is 35.5. The van der Waals surface area contributed by atoms with E-state index in [1.165, 1.54) is 11.3 Å². The molecule has 5 heteroatoms. The first-order valence-corrected chi connectivity index (χ1v) is 10.6. The molecule has 1 aliphatic heterocycles. The Morgan fingerprint density at radius 2 is 1.89 bits per heavy atom. The van der Waals surface area contributed by atoms with Crippen LogP contribution in [-0.4, -0.2) is 35.6 Å². The van der Waals surface area contributed by atoms with Crippen LogP contribution < -0.4 is 4.90 Å². The molecule has 0 bridgehead atoms. The van der Waals surface area contributed by atoms with Crippen LogP contribution in [0.3, 0.4) is 0 Å². The molecule has 4 rings (SSSR count). The van der Waals surface area contributed by atoms with Gasteiger partial charge in [-0.25, -0.2) is 4.98 Å². The van der Waals surface area contributed by atoms with Gasteiger partial charge in [-0.2, -0.15) is 0 Å². The summed E-state index contributed by atoms with van der Waals surface area (Å²) >= 11 is 7.99. The van der Waals surface area contributed by atoms with Crippen LogP contribution >= 0.6 is 22.9 Å². The fourth-order valence-electron chi connectivity index (χ4n) is 3.66. The molecular weight excluding hydrogens is 374 g/mol. The van der Waals surface area contributed by atoms with Crippen LogP contribution in [-0.2, 0) is 6.54 Å². The Hall–Kier alpha value is -1.88. The van der Waals surface area contributed by atoms with E-state index in [9.17, 15) is 0 Å². The first kappa shape index (κ1) is 18.5. The second kappa shape index (κ2) is 8.01. The lowest BCUT2D eigenvalue weighted by atomic mass is 10.1. The van der Waals surface area contributed by atoms with Crippen LogP contribution in [0.1, 0.15) is 18.2 Å². The zero-order valence-corrected chi connectivity index (χ0v) is 17.3. The molecule has 1 saturated heterocycles. The fraction of sp³-hybridized carbons (Fsp3) is 0.318. The summed E-state index contributed by atoms with van der Waals surface area (Å²) in [5.74, 6) is 0. The molecule has 140 valence electrons. The van der Waals surface area contributed by atoms with E-state index in [2.05, 4.69) is 53.3 Å². The third kappa shape index (κ3) is 4.18. The van der Waals surface area contributed by atoms with Crippen molar-refractivity contribution >= 4 is 28.6 Å². The van der Waals surface area contributed by atoms with Gasteiger partial charge in [0.15, 0.2) is 0 Å². The van der Waals surface area contributed by atoms with Crippen molar-refractivity contribution < 1.29 is 0 Å². The van der Waals surface area contributed by atoms with Crippen molar-refractivity contribution in [1.29, 1.82) is 0 Å². The predicted octanol–water partition coefficient (Wildman–Crippen LogP) is 5.48. The molecule has 2 heterocycles. The molecule has 1 fully saturated rings. The Balaban J connectivity index is 1.40. The number of anilines is 1. The van der Waals surface area contributed by atoms with Crippen molar-refractivity contribution in [3.05, 3.63) is 70.2 Å². The Kier molecular flexibility index (Phi) is 5.48. The molecule has 2 aromatic carbocycles. The van der Waals surface area contributed by atoms with E-state index in [0.717, 1.165) is 47.5 Å². The molecule has 0 N–H and O–H groups in total. The van der Waals surface area contributed by atoms with Crippen molar-refractivity contribution in [2.75, 3.05) is 24.5 Å². The van der Waals surface area contributed by atoms with E-state index in [4.69, 9.17) is 16.6 Å². The third-order valence-corrected chi connectivity index (χ3v) is 6.37. The number of rotatable bonds is 4. The Morgan fingerprint density at radius 3 is 2.63 bits per heavy atom. The van der Waals surface area contributed by atoms with E-state index < -0.39 is 0 Å². The molecule has 0 radical (unpaired) electrons. The Bertz CT molecular complexity index is 906. The first-order valence-electron chi connectivity index (χ1n) is 9.35. The fourth-order valence-corrected chi connectivity index (χ4v) is 4.79. The van der Waals surface area contributed by atoms with Gasteiger partial charge in [-0.3, -0.25) is 4.90 Å². The molecule has 1 aliphatic rings. The van der Waals surface area contributed by atoms with Gasteiger partial charge in [-0.1, -0.05) is 47.5 Å². The van der Waals surface area contributed by atoms with Gasteiger partial charge in [0.25, 0.3) is 0 Å². The molecule has 27 heavy (non-hydrogen) atoms. The van der Waals surface area contributed by atoms with Gasteiger partial charge >= 0.3 is 0 Å². The maximum absolute atomic E-state index is 6.31. The van der Waals surface area contributed by atoms with Crippen LogP contribution in [0.15, 0.2) is 53.9 Å². The molecule has 1 atom stereocenters. The monoisotopic (exact) mass is 397 g/mol. The molecule has 0 amide bonds. The average Bonchev–Trinajstić information content (AvgIpc) is 3.11. The summed E-state index contributed by atoms with van der Waals surface area (Å²) in [6, 6.07) is 17.3. The highest BCUT2D eigenvalue weighted by Gasteiger charge is 2.24. The van der Waals surface area contributed by atoms with Gasteiger partial charge in [0.2, 0.25) is 0 Å². The first-order chi connectivity index (χ1) is 13.1. The van der Waals surface area contributed by atoms with Crippen molar-refractivity contribution in [1.82, 2.24) is 9.88 Å². The largest absolute Gasteiger partial charge is 0.366 e. The number of hydrogen-bond acceptors (Lipinski definition) is 4. The summed E-state index contributed by atoms with van der Waals surface area (Å²) in [5, 5.41) is 3.93. The zero-order valence-electron chi connectivity index (χ0n) is 15.7. The Morgan fingerprint density at radius 1 is 1.11 bits per heavy atom. The summed E-state index contributed by atoms with van der Waals surface area (Å²) in [6.45, 7) is 8.49. The lowest BCUT2D eigenvalue weighted by Crippen LogP contribution is -2.51. The summed E-state index contributed by atoms with van der Waals surface area (Å²) in [5.41, 5.74) is 4.78. The van der Waals surface area contributed by atoms with Gasteiger partial charge in [-0.15, -0.1) is 11.3 Å². The molecule has 3 aromatic rings. The predicted molar refractivity (Wildman–Crippen MR) is 116 cm³/mol. The maximum atomic E-state index is 6.31. The van der Waals surface area contributed by atoms with Crippen molar-refractivity contribution in [2.24, 2.45) is 0 Å². The Labute approximate surface area is 170 Å². The minimum absolute atomic E-state index is 0.489.